The van der Waals surface area contributed by atoms with Gasteiger partial charge in [0.05, 0.1) is 16.9 Å². The first-order chi connectivity index (χ1) is 10.2. The lowest BCUT2D eigenvalue weighted by atomic mass is 10.0. The van der Waals surface area contributed by atoms with Crippen LogP contribution in [0.1, 0.15) is 29.6 Å². The summed E-state index contributed by atoms with van der Waals surface area (Å²) in [4.78, 5) is 30.4. The molecule has 5 nitrogen and oxygen atoms in total. The normalized spacial score (nSPS) is 18.0. The first kappa shape index (κ1) is 17.3. The Hall–Kier alpha value is -2.04. The van der Waals surface area contributed by atoms with Crippen LogP contribution >= 0.6 is 10.2 Å². The molecule has 0 bridgehead atoms. The van der Waals surface area contributed by atoms with Crippen molar-refractivity contribution in [3.8, 4) is 0 Å². The molecule has 1 aliphatic rings. The van der Waals surface area contributed by atoms with Crippen molar-refractivity contribution in [3.63, 3.8) is 0 Å². The molecule has 0 aliphatic heterocycles. The zero-order chi connectivity index (χ0) is 17.7. The summed E-state index contributed by atoms with van der Waals surface area (Å²) in [6.45, 7) is 0. The van der Waals surface area contributed by atoms with Gasteiger partial charge in [-0.1, -0.05) is 19.4 Å². The van der Waals surface area contributed by atoms with E-state index >= 15 is 0 Å². The minimum atomic E-state index is -10.1. The highest BCUT2D eigenvalue weighted by Crippen LogP contribution is 3.02. The molecule has 0 saturated heterocycles. The highest BCUT2D eigenvalue weighted by Gasteiger charge is 2.66. The maximum atomic E-state index is 12.7. The van der Waals surface area contributed by atoms with Gasteiger partial charge in [0.1, 0.15) is 10.7 Å². The molecular weight excluding hydrogens is 349 g/mol. The van der Waals surface area contributed by atoms with Crippen LogP contribution in [0.25, 0.3) is 0 Å². The highest BCUT2D eigenvalue weighted by molar-refractivity contribution is 8.45. The summed E-state index contributed by atoms with van der Waals surface area (Å²) in [6.07, 6.45) is 0.454. The largest absolute Gasteiger partial charge is 0.310 e. The van der Waals surface area contributed by atoms with Crippen LogP contribution in [0.3, 0.4) is 0 Å². The summed E-state index contributed by atoms with van der Waals surface area (Å²) < 4.78 is 63.4. The van der Waals surface area contributed by atoms with E-state index in [1.54, 1.807) is 0 Å². The van der Waals surface area contributed by atoms with Crippen LogP contribution in [0.15, 0.2) is 23.1 Å². The van der Waals surface area contributed by atoms with E-state index in [0.717, 1.165) is 0 Å². The minimum Gasteiger partial charge on any atom is -0.299 e. The summed E-state index contributed by atoms with van der Waals surface area (Å²) in [5.74, 6) is -1.86. The Kier molecular flexibility index (Phi) is 3.38. The van der Waals surface area contributed by atoms with Crippen molar-refractivity contribution in [1.82, 2.24) is 0 Å². The Balaban J connectivity index is 2.43. The van der Waals surface area contributed by atoms with E-state index in [2.05, 4.69) is 0 Å². The summed E-state index contributed by atoms with van der Waals surface area (Å²) in [5, 5.41) is 10.8. The number of carbonyl (C=O) groups is 2. The molecule has 2 rings (SSSR count). The standard InChI is InChI=1S/C12H10F5NO4S/c13-23(14,15,16,17)8-3-4-9(10(5-8)18(21)22)12(20)6-11(19)7-1-2-7/h3-5,7H,1-2,6H2. The highest BCUT2D eigenvalue weighted by atomic mass is 32.5. The molecular formula is C12H10F5NO4S. The molecule has 1 aromatic carbocycles. The number of rotatable bonds is 6. The molecule has 23 heavy (non-hydrogen) atoms. The van der Waals surface area contributed by atoms with E-state index in [1.807, 2.05) is 0 Å². The van der Waals surface area contributed by atoms with Crippen molar-refractivity contribution in [2.75, 3.05) is 0 Å². The molecule has 0 radical (unpaired) electrons. The van der Waals surface area contributed by atoms with Gasteiger partial charge in [-0.25, -0.2) is 0 Å². The Morgan fingerprint density at radius 1 is 1.17 bits per heavy atom. The van der Waals surface area contributed by atoms with Crippen LogP contribution in [0.2, 0.25) is 0 Å². The maximum Gasteiger partial charge on any atom is 0.310 e. The minimum absolute atomic E-state index is 0.0800. The fraction of sp³-hybridized carbons (Fsp3) is 0.333. The van der Waals surface area contributed by atoms with Crippen LogP contribution < -0.4 is 0 Å². The van der Waals surface area contributed by atoms with Crippen LogP contribution in [0.5, 0.6) is 0 Å². The van der Waals surface area contributed by atoms with E-state index in [4.69, 9.17) is 0 Å². The monoisotopic (exact) mass is 359 g/mol. The molecule has 0 heterocycles. The molecule has 1 fully saturated rings. The second-order valence-electron chi connectivity index (χ2n) is 5.25. The zero-order valence-corrected chi connectivity index (χ0v) is 12.1. The number of Topliss-reactive ketones (excluding diaryl/α,β-unsaturated/α-hetero) is 2. The van der Waals surface area contributed by atoms with E-state index in [9.17, 15) is 39.1 Å². The van der Waals surface area contributed by atoms with Gasteiger partial charge in [-0.05, 0) is 25.0 Å². The molecule has 1 aromatic rings. The molecule has 11 heteroatoms. The van der Waals surface area contributed by atoms with Gasteiger partial charge in [-0.3, -0.25) is 19.7 Å². The van der Waals surface area contributed by atoms with Gasteiger partial charge >= 0.3 is 10.2 Å². The molecule has 1 saturated carbocycles. The van der Waals surface area contributed by atoms with Gasteiger partial charge in [0, 0.05) is 12.0 Å². The van der Waals surface area contributed by atoms with E-state index in [1.165, 1.54) is 0 Å². The molecule has 0 atom stereocenters. The maximum absolute atomic E-state index is 12.7. The average Bonchev–Trinajstić information content (AvgIpc) is 3.19. The van der Waals surface area contributed by atoms with Gasteiger partial charge in [-0.2, -0.15) is 0 Å². The number of benzene rings is 1. The Labute approximate surface area is 126 Å². The van der Waals surface area contributed by atoms with Crippen LogP contribution in [0, 0.1) is 16.0 Å². The quantitative estimate of drug-likeness (QED) is 0.240. The topological polar surface area (TPSA) is 77.3 Å². The van der Waals surface area contributed by atoms with Gasteiger partial charge in [-0.15, -0.1) is 0 Å². The zero-order valence-electron chi connectivity index (χ0n) is 11.3. The predicted octanol–water partition coefficient (Wildman–Crippen LogP) is 4.80. The average molecular weight is 359 g/mol. The number of nitrogens with zero attached hydrogens (tertiary/aromatic N) is 1. The van der Waals surface area contributed by atoms with Gasteiger partial charge in [0.25, 0.3) is 5.69 Å². The fourth-order valence-electron chi connectivity index (χ4n) is 1.94. The molecule has 128 valence electrons. The number of ketones is 2. The Morgan fingerprint density at radius 3 is 2.17 bits per heavy atom. The number of carbonyl (C=O) groups excluding carboxylic acids is 2. The number of nitro benzene ring substituents is 1. The van der Waals surface area contributed by atoms with Crippen LogP contribution in [-0.2, 0) is 4.79 Å². The first-order valence-corrected chi connectivity index (χ1v) is 8.22. The van der Waals surface area contributed by atoms with Crippen molar-refractivity contribution in [2.45, 2.75) is 24.2 Å². The Morgan fingerprint density at radius 2 is 1.74 bits per heavy atom. The molecule has 0 amide bonds. The van der Waals surface area contributed by atoms with Crippen LogP contribution in [-0.4, -0.2) is 16.5 Å². The van der Waals surface area contributed by atoms with Crippen molar-refractivity contribution in [3.05, 3.63) is 33.9 Å². The molecule has 0 aromatic heterocycles. The number of hydrogen-bond donors (Lipinski definition) is 0. The second kappa shape index (κ2) is 4.49. The van der Waals surface area contributed by atoms with Crippen molar-refractivity contribution >= 4 is 27.5 Å². The fourth-order valence-corrected chi connectivity index (χ4v) is 2.60. The molecule has 0 unspecified atom stereocenters. The molecule has 0 N–H and O–H groups in total. The lowest BCUT2D eigenvalue weighted by molar-refractivity contribution is -0.385. The third-order valence-electron chi connectivity index (χ3n) is 3.28. The third kappa shape index (κ3) is 4.03. The van der Waals surface area contributed by atoms with Gasteiger partial charge < -0.3 is 0 Å². The van der Waals surface area contributed by atoms with Crippen LogP contribution in [0.4, 0.5) is 25.1 Å². The molecule has 0 spiro atoms. The SMILES string of the molecule is O=C(CC(=O)C1CC1)c1ccc(S(F)(F)(F)(F)F)cc1[N+](=O)[O-]. The van der Waals surface area contributed by atoms with Crippen molar-refractivity contribution < 1.29 is 33.9 Å². The number of halogens is 5. The lowest BCUT2D eigenvalue weighted by Crippen LogP contribution is -2.13. The summed E-state index contributed by atoms with van der Waals surface area (Å²) >= 11 is 0. The summed E-state index contributed by atoms with van der Waals surface area (Å²) in [5.41, 5.74) is -2.20. The second-order valence-corrected chi connectivity index (χ2v) is 7.65. The smallest absolute Gasteiger partial charge is 0.299 e. The van der Waals surface area contributed by atoms with Gasteiger partial charge in [0.2, 0.25) is 0 Å². The Bertz CT molecular complexity index is 727. The van der Waals surface area contributed by atoms with Crippen molar-refractivity contribution in [2.24, 2.45) is 5.92 Å². The van der Waals surface area contributed by atoms with E-state index in [0.29, 0.717) is 18.9 Å². The summed E-state index contributed by atoms with van der Waals surface area (Å²) in [7, 11) is -10.1. The summed E-state index contributed by atoms with van der Waals surface area (Å²) in [6, 6.07) is -0.131. The van der Waals surface area contributed by atoms with Gasteiger partial charge in [0.15, 0.2) is 5.78 Å². The number of hydrogen-bond acceptors (Lipinski definition) is 4. The third-order valence-corrected chi connectivity index (χ3v) is 4.42. The predicted molar refractivity (Wildman–Crippen MR) is 71.2 cm³/mol. The number of nitro groups is 1. The first-order valence-electron chi connectivity index (χ1n) is 6.27. The van der Waals surface area contributed by atoms with Crippen molar-refractivity contribution in [1.29, 1.82) is 0 Å². The van der Waals surface area contributed by atoms with E-state index < -0.39 is 49.3 Å². The van der Waals surface area contributed by atoms with E-state index in [-0.39, 0.29) is 18.1 Å². The molecule has 1 aliphatic carbocycles. The lowest BCUT2D eigenvalue weighted by Gasteiger charge is -2.40.